The molecule has 0 atom stereocenters. The predicted octanol–water partition coefficient (Wildman–Crippen LogP) is -0.524. The Bertz CT molecular complexity index is 761. The fraction of sp³-hybridized carbons (Fsp3) is 0.385. The maximum Gasteiger partial charge on any atom is 0.315 e. The van der Waals surface area contributed by atoms with E-state index in [0.717, 1.165) is 11.0 Å². The van der Waals surface area contributed by atoms with Gasteiger partial charge in [-0.3, -0.25) is 14.5 Å². The lowest BCUT2D eigenvalue weighted by Gasteiger charge is -2.46. The van der Waals surface area contributed by atoms with Gasteiger partial charge in [0.15, 0.2) is 0 Å². The average Bonchev–Trinajstić information content (AvgIpc) is 3.00. The van der Waals surface area contributed by atoms with E-state index < -0.39 is 0 Å². The minimum atomic E-state index is -0.295. The molecule has 2 aliphatic rings. The van der Waals surface area contributed by atoms with Gasteiger partial charge in [0.25, 0.3) is 5.91 Å². The molecule has 8 heteroatoms. The van der Waals surface area contributed by atoms with E-state index in [2.05, 4.69) is 20.7 Å². The summed E-state index contributed by atoms with van der Waals surface area (Å²) in [5.41, 5.74) is 1.84. The highest BCUT2D eigenvalue weighted by Gasteiger charge is 2.49. The SMILES string of the molecule is Cn1ncc2ncc(C(=O)N3CC4(CNC(=O)N4)C3)cc21. The molecule has 0 saturated carbocycles. The Kier molecular flexibility index (Phi) is 2.27. The molecule has 21 heavy (non-hydrogen) atoms. The first-order chi connectivity index (χ1) is 10.1. The topological polar surface area (TPSA) is 92.2 Å². The van der Waals surface area contributed by atoms with Crippen molar-refractivity contribution in [1.82, 2.24) is 30.3 Å². The zero-order valence-electron chi connectivity index (χ0n) is 11.5. The number of nitrogens with zero attached hydrogens (tertiary/aromatic N) is 4. The van der Waals surface area contributed by atoms with Crippen molar-refractivity contribution in [1.29, 1.82) is 0 Å². The van der Waals surface area contributed by atoms with Crippen molar-refractivity contribution in [3.8, 4) is 0 Å². The van der Waals surface area contributed by atoms with Crippen LogP contribution < -0.4 is 10.6 Å². The minimum absolute atomic E-state index is 0.0719. The Morgan fingerprint density at radius 1 is 1.38 bits per heavy atom. The summed E-state index contributed by atoms with van der Waals surface area (Å²) in [6.45, 7) is 1.61. The zero-order valence-corrected chi connectivity index (χ0v) is 11.5. The van der Waals surface area contributed by atoms with E-state index in [1.165, 1.54) is 0 Å². The monoisotopic (exact) mass is 286 g/mol. The van der Waals surface area contributed by atoms with Crippen molar-refractivity contribution in [3.63, 3.8) is 0 Å². The Balaban J connectivity index is 1.55. The molecule has 4 heterocycles. The molecule has 1 spiro atoms. The second kappa shape index (κ2) is 3.94. The summed E-state index contributed by atoms with van der Waals surface area (Å²) in [6, 6.07) is 1.63. The number of rotatable bonds is 1. The molecule has 2 fully saturated rings. The van der Waals surface area contributed by atoms with Gasteiger partial charge >= 0.3 is 6.03 Å². The van der Waals surface area contributed by atoms with E-state index in [1.807, 2.05) is 7.05 Å². The Morgan fingerprint density at radius 3 is 2.90 bits per heavy atom. The number of carbonyl (C=O) groups is 2. The molecule has 0 bridgehead atoms. The molecular formula is C13H14N6O2. The van der Waals surface area contributed by atoms with Crippen molar-refractivity contribution in [2.75, 3.05) is 19.6 Å². The van der Waals surface area contributed by atoms with Crippen LogP contribution >= 0.6 is 0 Å². The Labute approximate surface area is 120 Å². The number of urea groups is 1. The standard InChI is InChI=1S/C13H14N6O2/c1-18-10-2-8(3-14-9(10)4-16-18)11(20)19-6-13(7-19)5-15-12(21)17-13/h2-4H,5-7H2,1H3,(H2,15,17,21). The van der Waals surface area contributed by atoms with Crippen LogP contribution in [0.4, 0.5) is 4.79 Å². The third-order valence-corrected chi connectivity index (χ3v) is 4.09. The lowest BCUT2D eigenvalue weighted by molar-refractivity contribution is 0.0397. The van der Waals surface area contributed by atoms with Crippen LogP contribution in [0.2, 0.25) is 0 Å². The third kappa shape index (κ3) is 1.75. The molecule has 8 nitrogen and oxygen atoms in total. The molecule has 108 valence electrons. The number of hydrogen-bond acceptors (Lipinski definition) is 4. The highest BCUT2D eigenvalue weighted by molar-refractivity contribution is 5.97. The predicted molar refractivity (Wildman–Crippen MR) is 73.7 cm³/mol. The summed E-state index contributed by atoms with van der Waals surface area (Å²) in [5.74, 6) is -0.0719. The molecule has 0 unspecified atom stereocenters. The van der Waals surface area contributed by atoms with Crippen LogP contribution in [-0.2, 0) is 7.05 Å². The molecule has 0 radical (unpaired) electrons. The molecule has 3 amide bonds. The number of pyridine rings is 1. The summed E-state index contributed by atoms with van der Waals surface area (Å²) < 4.78 is 1.69. The van der Waals surface area contributed by atoms with E-state index >= 15 is 0 Å². The van der Waals surface area contributed by atoms with E-state index in [0.29, 0.717) is 25.2 Å². The quantitative estimate of drug-likeness (QED) is 0.737. The number of amides is 3. The number of carbonyl (C=O) groups excluding carboxylic acids is 2. The van der Waals surface area contributed by atoms with Crippen LogP contribution in [0.5, 0.6) is 0 Å². The molecule has 2 N–H and O–H groups in total. The minimum Gasteiger partial charge on any atom is -0.336 e. The maximum atomic E-state index is 12.4. The van der Waals surface area contributed by atoms with Gasteiger partial charge in [0.1, 0.15) is 5.52 Å². The van der Waals surface area contributed by atoms with Crippen LogP contribution in [0.3, 0.4) is 0 Å². The van der Waals surface area contributed by atoms with E-state index in [1.54, 1.807) is 28.0 Å². The number of nitrogens with one attached hydrogen (secondary N) is 2. The van der Waals surface area contributed by atoms with Gasteiger partial charge in [-0.05, 0) is 6.07 Å². The van der Waals surface area contributed by atoms with Crippen LogP contribution in [0.1, 0.15) is 10.4 Å². The van der Waals surface area contributed by atoms with Crippen LogP contribution in [-0.4, -0.2) is 56.8 Å². The van der Waals surface area contributed by atoms with Gasteiger partial charge in [-0.2, -0.15) is 5.10 Å². The molecule has 2 aliphatic heterocycles. The highest BCUT2D eigenvalue weighted by Crippen LogP contribution is 2.25. The molecular weight excluding hydrogens is 272 g/mol. The normalized spacial score (nSPS) is 19.5. The summed E-state index contributed by atoms with van der Waals surface area (Å²) in [7, 11) is 1.82. The van der Waals surface area contributed by atoms with Crippen molar-refractivity contribution >= 4 is 23.0 Å². The summed E-state index contributed by atoms with van der Waals surface area (Å²) in [4.78, 5) is 29.6. The van der Waals surface area contributed by atoms with Gasteiger partial charge in [-0.25, -0.2) is 4.79 Å². The van der Waals surface area contributed by atoms with Crippen molar-refractivity contribution in [2.24, 2.45) is 7.05 Å². The molecule has 4 rings (SSSR count). The number of likely N-dealkylation sites (tertiary alicyclic amines) is 1. The number of hydrogen-bond donors (Lipinski definition) is 2. The largest absolute Gasteiger partial charge is 0.336 e. The van der Waals surface area contributed by atoms with Crippen LogP contribution in [0.25, 0.3) is 11.0 Å². The fourth-order valence-corrected chi connectivity index (χ4v) is 2.92. The van der Waals surface area contributed by atoms with Gasteiger partial charge in [0.05, 0.1) is 22.8 Å². The highest BCUT2D eigenvalue weighted by atomic mass is 16.2. The molecule has 0 aromatic carbocycles. The second-order valence-corrected chi connectivity index (χ2v) is 5.65. The van der Waals surface area contributed by atoms with Crippen molar-refractivity contribution in [3.05, 3.63) is 24.0 Å². The number of fused-ring (bicyclic) bond motifs is 1. The molecule has 2 saturated heterocycles. The number of aromatic nitrogens is 3. The van der Waals surface area contributed by atoms with E-state index in [4.69, 9.17) is 0 Å². The second-order valence-electron chi connectivity index (χ2n) is 5.65. The van der Waals surface area contributed by atoms with Crippen LogP contribution in [0.15, 0.2) is 18.5 Å². The van der Waals surface area contributed by atoms with Gasteiger partial charge in [0.2, 0.25) is 0 Å². The van der Waals surface area contributed by atoms with Gasteiger partial charge < -0.3 is 15.5 Å². The van der Waals surface area contributed by atoms with Crippen molar-refractivity contribution in [2.45, 2.75) is 5.54 Å². The lowest BCUT2D eigenvalue weighted by Crippen LogP contribution is -2.70. The lowest BCUT2D eigenvalue weighted by atomic mass is 9.90. The van der Waals surface area contributed by atoms with Gasteiger partial charge in [0, 0.05) is 32.9 Å². The summed E-state index contributed by atoms with van der Waals surface area (Å²) >= 11 is 0. The first-order valence-electron chi connectivity index (χ1n) is 6.69. The smallest absolute Gasteiger partial charge is 0.315 e. The molecule has 0 aliphatic carbocycles. The zero-order chi connectivity index (χ0) is 14.6. The first kappa shape index (κ1) is 12.1. The van der Waals surface area contributed by atoms with E-state index in [9.17, 15) is 9.59 Å². The Morgan fingerprint density at radius 2 is 2.19 bits per heavy atom. The first-order valence-corrected chi connectivity index (χ1v) is 6.69. The van der Waals surface area contributed by atoms with Crippen LogP contribution in [0, 0.1) is 0 Å². The van der Waals surface area contributed by atoms with Crippen molar-refractivity contribution < 1.29 is 9.59 Å². The summed E-state index contributed by atoms with van der Waals surface area (Å²) in [5, 5.41) is 9.71. The molecule has 2 aromatic rings. The molecule has 2 aromatic heterocycles. The Hall–Kier alpha value is -2.64. The number of aryl methyl sites for hydroxylation is 1. The maximum absolute atomic E-state index is 12.4. The third-order valence-electron chi connectivity index (χ3n) is 4.09. The van der Waals surface area contributed by atoms with Gasteiger partial charge in [-0.1, -0.05) is 0 Å². The van der Waals surface area contributed by atoms with Gasteiger partial charge in [-0.15, -0.1) is 0 Å². The fourth-order valence-electron chi connectivity index (χ4n) is 2.92. The average molecular weight is 286 g/mol. The van der Waals surface area contributed by atoms with E-state index in [-0.39, 0.29) is 17.5 Å². The summed E-state index contributed by atoms with van der Waals surface area (Å²) in [6.07, 6.45) is 3.24.